The van der Waals surface area contributed by atoms with E-state index >= 15 is 0 Å². The Morgan fingerprint density at radius 1 is 1.26 bits per heavy atom. The summed E-state index contributed by atoms with van der Waals surface area (Å²) < 4.78 is 11.7. The molecule has 0 aromatic rings. The summed E-state index contributed by atoms with van der Waals surface area (Å²) in [6.07, 6.45) is 8.72. The summed E-state index contributed by atoms with van der Waals surface area (Å²) in [6, 6.07) is 0. The van der Waals surface area contributed by atoms with E-state index in [1.807, 2.05) is 0 Å². The average Bonchev–Trinajstić information content (AvgIpc) is 2.41. The molecule has 1 aliphatic rings. The first kappa shape index (κ1) is 17.5. The zero-order valence-electron chi connectivity index (χ0n) is 13.1. The second-order valence-electron chi connectivity index (χ2n) is 6.61. The molecule has 1 fully saturated rings. The van der Waals surface area contributed by atoms with Crippen LogP contribution in [0.4, 0.5) is 0 Å². The monoisotopic (exact) mass is 334 g/mol. The maximum Gasteiger partial charge on any atom is 0.0779 e. The molecule has 1 saturated carbocycles. The standard InChI is InChI=1S/C16H31BrO2/c1-5-6-14-7-9-16(13-17,10-8-14)19-12-11-15(2,3)18-4/h14H,5-13H2,1-4H3. The number of ether oxygens (including phenoxy) is 2. The fourth-order valence-corrected chi connectivity index (χ4v) is 3.56. The van der Waals surface area contributed by atoms with E-state index in [0.29, 0.717) is 0 Å². The molecular formula is C16H31BrO2. The van der Waals surface area contributed by atoms with Crippen LogP contribution in [-0.4, -0.2) is 30.2 Å². The van der Waals surface area contributed by atoms with E-state index in [4.69, 9.17) is 9.47 Å². The molecule has 0 saturated heterocycles. The zero-order valence-corrected chi connectivity index (χ0v) is 14.7. The van der Waals surface area contributed by atoms with Crippen LogP contribution >= 0.6 is 15.9 Å². The lowest BCUT2D eigenvalue weighted by molar-refractivity contribution is -0.0844. The van der Waals surface area contributed by atoms with Crippen molar-refractivity contribution in [1.82, 2.24) is 0 Å². The molecule has 3 heteroatoms. The zero-order chi connectivity index (χ0) is 14.4. The molecule has 0 radical (unpaired) electrons. The summed E-state index contributed by atoms with van der Waals surface area (Å²) in [4.78, 5) is 0. The molecule has 0 unspecified atom stereocenters. The van der Waals surface area contributed by atoms with Gasteiger partial charge in [-0.3, -0.25) is 0 Å². The molecule has 0 amide bonds. The SMILES string of the molecule is CCCC1CCC(CBr)(OCCC(C)(C)OC)CC1. The van der Waals surface area contributed by atoms with Gasteiger partial charge in [-0.15, -0.1) is 0 Å². The summed E-state index contributed by atoms with van der Waals surface area (Å²) in [5.41, 5.74) is 0.000971. The van der Waals surface area contributed by atoms with Crippen molar-refractivity contribution >= 4 is 15.9 Å². The first-order valence-corrected chi connectivity index (χ1v) is 8.84. The third kappa shape index (κ3) is 5.73. The van der Waals surface area contributed by atoms with Gasteiger partial charge in [-0.25, -0.2) is 0 Å². The molecule has 2 nitrogen and oxygen atoms in total. The summed E-state index contributed by atoms with van der Waals surface area (Å²) in [5.74, 6) is 0.927. The Labute approximate surface area is 127 Å². The maximum absolute atomic E-state index is 6.26. The highest BCUT2D eigenvalue weighted by atomic mass is 79.9. The minimum atomic E-state index is -0.0765. The average molecular weight is 335 g/mol. The molecule has 0 spiro atoms. The summed E-state index contributed by atoms with van der Waals surface area (Å²) in [7, 11) is 1.77. The van der Waals surface area contributed by atoms with Crippen LogP contribution in [0, 0.1) is 5.92 Å². The molecule has 0 N–H and O–H groups in total. The van der Waals surface area contributed by atoms with Crippen molar-refractivity contribution in [2.75, 3.05) is 19.0 Å². The van der Waals surface area contributed by atoms with E-state index < -0.39 is 0 Å². The summed E-state index contributed by atoms with van der Waals surface area (Å²) in [5, 5.41) is 0.965. The van der Waals surface area contributed by atoms with Gasteiger partial charge in [0.25, 0.3) is 0 Å². The fraction of sp³-hybridized carbons (Fsp3) is 1.00. The van der Waals surface area contributed by atoms with Gasteiger partial charge in [-0.1, -0.05) is 35.7 Å². The van der Waals surface area contributed by atoms with Crippen molar-refractivity contribution in [3.05, 3.63) is 0 Å². The first-order valence-electron chi connectivity index (χ1n) is 7.72. The van der Waals surface area contributed by atoms with E-state index in [-0.39, 0.29) is 11.2 Å². The number of rotatable bonds is 8. The molecule has 0 atom stereocenters. The number of halogens is 1. The second-order valence-corrected chi connectivity index (χ2v) is 7.17. The van der Waals surface area contributed by atoms with Crippen LogP contribution in [0.15, 0.2) is 0 Å². The Morgan fingerprint density at radius 2 is 1.89 bits per heavy atom. The molecule has 1 rings (SSSR count). The lowest BCUT2D eigenvalue weighted by Crippen LogP contribution is -2.40. The highest BCUT2D eigenvalue weighted by Gasteiger charge is 2.35. The first-order chi connectivity index (χ1) is 8.97. The van der Waals surface area contributed by atoms with E-state index in [2.05, 4.69) is 36.7 Å². The Kier molecular flexibility index (Phi) is 7.34. The van der Waals surface area contributed by atoms with Gasteiger partial charge in [0.1, 0.15) is 0 Å². The van der Waals surface area contributed by atoms with Gasteiger partial charge >= 0.3 is 0 Å². The van der Waals surface area contributed by atoms with Crippen LogP contribution in [0.3, 0.4) is 0 Å². The minimum absolute atomic E-state index is 0.0765. The van der Waals surface area contributed by atoms with Crippen molar-refractivity contribution in [2.45, 2.75) is 76.9 Å². The molecule has 1 aliphatic carbocycles. The number of hydrogen-bond donors (Lipinski definition) is 0. The quantitative estimate of drug-likeness (QED) is 0.585. The lowest BCUT2D eigenvalue weighted by atomic mass is 9.78. The van der Waals surface area contributed by atoms with Gasteiger partial charge in [0, 0.05) is 12.4 Å². The van der Waals surface area contributed by atoms with Crippen LogP contribution < -0.4 is 0 Å². The third-order valence-corrected chi connectivity index (χ3v) is 5.64. The minimum Gasteiger partial charge on any atom is -0.379 e. The fourth-order valence-electron chi connectivity index (χ4n) is 2.83. The molecule has 0 aliphatic heterocycles. The predicted molar refractivity (Wildman–Crippen MR) is 85.0 cm³/mol. The molecule has 0 aromatic carbocycles. The van der Waals surface area contributed by atoms with Gasteiger partial charge in [0.15, 0.2) is 0 Å². The third-order valence-electron chi connectivity index (χ3n) is 4.62. The molecule has 0 heterocycles. The largest absolute Gasteiger partial charge is 0.379 e. The molecule has 0 bridgehead atoms. The van der Waals surface area contributed by atoms with Crippen molar-refractivity contribution in [2.24, 2.45) is 5.92 Å². The normalized spacial score (nSPS) is 28.6. The van der Waals surface area contributed by atoms with Crippen molar-refractivity contribution < 1.29 is 9.47 Å². The van der Waals surface area contributed by atoms with Gasteiger partial charge in [0.05, 0.1) is 17.8 Å². The predicted octanol–water partition coefficient (Wildman–Crippen LogP) is 4.94. The van der Waals surface area contributed by atoms with Crippen molar-refractivity contribution in [1.29, 1.82) is 0 Å². The van der Waals surface area contributed by atoms with E-state index in [9.17, 15) is 0 Å². The van der Waals surface area contributed by atoms with Crippen LogP contribution in [-0.2, 0) is 9.47 Å². The number of alkyl halides is 1. The van der Waals surface area contributed by atoms with Crippen LogP contribution in [0.1, 0.15) is 65.7 Å². The van der Waals surface area contributed by atoms with Crippen LogP contribution in [0.25, 0.3) is 0 Å². The Hall–Kier alpha value is 0.400. The van der Waals surface area contributed by atoms with E-state index in [1.54, 1.807) is 7.11 Å². The second kappa shape index (κ2) is 7.99. The smallest absolute Gasteiger partial charge is 0.0779 e. The molecule has 114 valence electrons. The van der Waals surface area contributed by atoms with Gasteiger partial charge in [0.2, 0.25) is 0 Å². The topological polar surface area (TPSA) is 18.5 Å². The highest BCUT2D eigenvalue weighted by Crippen LogP contribution is 2.38. The van der Waals surface area contributed by atoms with Gasteiger partial charge in [-0.2, -0.15) is 0 Å². The molecule has 0 aromatic heterocycles. The van der Waals surface area contributed by atoms with E-state index in [1.165, 1.54) is 38.5 Å². The van der Waals surface area contributed by atoms with Crippen LogP contribution in [0.5, 0.6) is 0 Å². The number of methoxy groups -OCH3 is 1. The van der Waals surface area contributed by atoms with E-state index in [0.717, 1.165) is 24.3 Å². The van der Waals surface area contributed by atoms with Crippen molar-refractivity contribution in [3.8, 4) is 0 Å². The Morgan fingerprint density at radius 3 is 2.37 bits per heavy atom. The Bertz CT molecular complexity index is 245. The maximum atomic E-state index is 6.26. The van der Waals surface area contributed by atoms with Gasteiger partial charge < -0.3 is 9.47 Å². The molecule has 19 heavy (non-hydrogen) atoms. The lowest BCUT2D eigenvalue weighted by Gasteiger charge is -2.39. The highest BCUT2D eigenvalue weighted by molar-refractivity contribution is 9.09. The number of hydrogen-bond acceptors (Lipinski definition) is 2. The van der Waals surface area contributed by atoms with Crippen LogP contribution in [0.2, 0.25) is 0 Å². The molecular weight excluding hydrogens is 304 g/mol. The Balaban J connectivity index is 2.37. The van der Waals surface area contributed by atoms with Gasteiger partial charge in [-0.05, 0) is 51.9 Å². The summed E-state index contributed by atoms with van der Waals surface area (Å²) >= 11 is 3.67. The van der Waals surface area contributed by atoms with Crippen molar-refractivity contribution in [3.63, 3.8) is 0 Å². The summed E-state index contributed by atoms with van der Waals surface area (Å²) in [6.45, 7) is 7.32.